The summed E-state index contributed by atoms with van der Waals surface area (Å²) in [6, 6.07) is 17.3. The predicted molar refractivity (Wildman–Crippen MR) is 123 cm³/mol. The molecule has 34 heavy (non-hydrogen) atoms. The fourth-order valence-electron chi connectivity index (χ4n) is 4.03. The van der Waals surface area contributed by atoms with Crippen LogP contribution >= 0.6 is 0 Å². The number of amides is 2. The van der Waals surface area contributed by atoms with Gasteiger partial charge < -0.3 is 25.5 Å². The number of carboxylic acids is 1. The first-order valence-electron chi connectivity index (χ1n) is 10.7. The van der Waals surface area contributed by atoms with E-state index in [9.17, 15) is 24.3 Å². The molecule has 1 atom stereocenters. The Balaban J connectivity index is 1.38. The van der Waals surface area contributed by atoms with E-state index in [1.165, 1.54) is 18.3 Å². The molecule has 0 fully saturated rings. The van der Waals surface area contributed by atoms with Crippen LogP contribution in [0.2, 0.25) is 0 Å². The largest absolute Gasteiger partial charge is 0.481 e. The maximum absolute atomic E-state index is 12.5. The van der Waals surface area contributed by atoms with Gasteiger partial charge in [-0.25, -0.2) is 4.79 Å². The summed E-state index contributed by atoms with van der Waals surface area (Å²) in [5.41, 5.74) is 4.57. The van der Waals surface area contributed by atoms with Crippen molar-refractivity contribution in [3.8, 4) is 11.1 Å². The molecule has 0 aliphatic heterocycles. The molecule has 1 aliphatic carbocycles. The molecule has 4 N–H and O–H groups in total. The van der Waals surface area contributed by atoms with Crippen molar-refractivity contribution in [1.82, 2.24) is 15.6 Å². The molecule has 9 heteroatoms. The monoisotopic (exact) mass is 461 g/mol. The van der Waals surface area contributed by atoms with E-state index in [0.717, 1.165) is 22.3 Å². The number of nitrogens with one attached hydrogen (secondary N) is 3. The number of fused-ring (bicyclic) bond motifs is 3. The first-order chi connectivity index (χ1) is 16.4. The minimum Gasteiger partial charge on any atom is -0.481 e. The number of H-pyrrole nitrogens is 1. The van der Waals surface area contributed by atoms with Crippen molar-refractivity contribution in [1.29, 1.82) is 0 Å². The van der Waals surface area contributed by atoms with Crippen LogP contribution in [-0.4, -0.2) is 40.7 Å². The maximum atomic E-state index is 12.5. The van der Waals surface area contributed by atoms with Crippen LogP contribution in [0.1, 0.15) is 29.0 Å². The molecule has 0 spiro atoms. The molecule has 0 bridgehead atoms. The molecule has 3 aromatic rings. The normalized spacial score (nSPS) is 12.8. The Kier molecular flexibility index (Phi) is 6.72. The summed E-state index contributed by atoms with van der Waals surface area (Å²) < 4.78 is 5.42. The number of pyridine rings is 1. The van der Waals surface area contributed by atoms with Gasteiger partial charge in [-0.2, -0.15) is 0 Å². The van der Waals surface area contributed by atoms with Crippen LogP contribution in [0.15, 0.2) is 71.7 Å². The molecule has 2 amide bonds. The topological polar surface area (TPSA) is 138 Å². The average molecular weight is 461 g/mol. The van der Waals surface area contributed by atoms with Gasteiger partial charge in [-0.05, 0) is 27.8 Å². The van der Waals surface area contributed by atoms with Crippen LogP contribution < -0.4 is 16.2 Å². The van der Waals surface area contributed by atoms with E-state index in [1.54, 1.807) is 0 Å². The van der Waals surface area contributed by atoms with Crippen molar-refractivity contribution in [3.63, 3.8) is 0 Å². The van der Waals surface area contributed by atoms with Crippen molar-refractivity contribution >= 4 is 18.0 Å². The number of ether oxygens (including phenoxy) is 1. The smallest absolute Gasteiger partial charge is 0.407 e. The lowest BCUT2D eigenvalue weighted by molar-refractivity contribution is -0.139. The van der Waals surface area contributed by atoms with Gasteiger partial charge in [-0.3, -0.25) is 14.4 Å². The van der Waals surface area contributed by atoms with Crippen LogP contribution in [0.4, 0.5) is 4.79 Å². The quantitative estimate of drug-likeness (QED) is 0.406. The second-order valence-electron chi connectivity index (χ2n) is 7.90. The molecule has 4 rings (SSSR count). The SMILES string of the molecule is O=C(O)CC(NC(=O)OCC1c2ccccc2-c2ccccc21)C(=O)NCc1ccc(=O)[nH]c1. The third-order valence-corrected chi connectivity index (χ3v) is 5.65. The maximum Gasteiger partial charge on any atom is 0.407 e. The van der Waals surface area contributed by atoms with Crippen molar-refractivity contribution in [3.05, 3.63) is 93.9 Å². The molecule has 1 heterocycles. The van der Waals surface area contributed by atoms with Gasteiger partial charge in [-0.15, -0.1) is 0 Å². The van der Waals surface area contributed by atoms with Crippen LogP contribution in [-0.2, 0) is 20.9 Å². The van der Waals surface area contributed by atoms with E-state index < -0.39 is 30.4 Å². The van der Waals surface area contributed by atoms with E-state index in [4.69, 9.17) is 4.74 Å². The molecule has 0 saturated heterocycles. The summed E-state index contributed by atoms with van der Waals surface area (Å²) in [5.74, 6) is -2.09. The Morgan fingerprint density at radius 2 is 1.62 bits per heavy atom. The number of carboxylic acid groups (broad SMARTS) is 1. The van der Waals surface area contributed by atoms with E-state index in [-0.39, 0.29) is 24.6 Å². The summed E-state index contributed by atoms with van der Waals surface area (Å²) in [4.78, 5) is 49.9. The zero-order valence-electron chi connectivity index (χ0n) is 18.1. The first-order valence-corrected chi connectivity index (χ1v) is 10.7. The third kappa shape index (κ3) is 5.15. The fraction of sp³-hybridized carbons (Fsp3) is 0.200. The lowest BCUT2D eigenvalue weighted by Crippen LogP contribution is -2.48. The second-order valence-corrected chi connectivity index (χ2v) is 7.90. The van der Waals surface area contributed by atoms with Gasteiger partial charge in [0.25, 0.3) is 0 Å². The molecule has 2 aromatic carbocycles. The molecule has 1 aromatic heterocycles. The predicted octanol–water partition coefficient (Wildman–Crippen LogP) is 2.37. The highest BCUT2D eigenvalue weighted by Crippen LogP contribution is 2.44. The Hall–Kier alpha value is -4.40. The number of hydrogen-bond donors (Lipinski definition) is 4. The van der Waals surface area contributed by atoms with Gasteiger partial charge in [-0.1, -0.05) is 54.6 Å². The summed E-state index contributed by atoms with van der Waals surface area (Å²) in [7, 11) is 0. The Morgan fingerprint density at radius 1 is 0.971 bits per heavy atom. The number of aliphatic carboxylic acids is 1. The van der Waals surface area contributed by atoms with Gasteiger partial charge in [0.15, 0.2) is 0 Å². The standard InChI is InChI=1S/C25H23N3O6/c29-22-10-9-15(12-26-22)13-27-24(32)21(11-23(30)31)28-25(33)34-14-20-18-7-3-1-5-16(18)17-6-2-4-8-19(17)20/h1-10,12,20-21H,11,13-14H2,(H,26,29)(H,27,32)(H,28,33)(H,30,31). The first kappa shape index (κ1) is 22.8. The highest BCUT2D eigenvalue weighted by atomic mass is 16.5. The molecule has 0 radical (unpaired) electrons. The summed E-state index contributed by atoms with van der Waals surface area (Å²) in [6.07, 6.45) is -0.0533. The van der Waals surface area contributed by atoms with Gasteiger partial charge in [0, 0.05) is 24.7 Å². The lowest BCUT2D eigenvalue weighted by Gasteiger charge is -2.18. The van der Waals surface area contributed by atoms with Crippen LogP contribution in [0.3, 0.4) is 0 Å². The Bertz CT molecular complexity index is 1220. The van der Waals surface area contributed by atoms with Gasteiger partial charge in [0.2, 0.25) is 11.5 Å². The van der Waals surface area contributed by atoms with Crippen molar-refractivity contribution in [2.75, 3.05) is 6.61 Å². The summed E-state index contributed by atoms with van der Waals surface area (Å²) in [5, 5.41) is 14.1. The number of rotatable bonds is 8. The molecule has 174 valence electrons. The molecule has 9 nitrogen and oxygen atoms in total. The fourth-order valence-corrected chi connectivity index (χ4v) is 4.03. The number of carbonyl (C=O) groups is 3. The summed E-state index contributed by atoms with van der Waals surface area (Å²) >= 11 is 0. The number of aromatic nitrogens is 1. The van der Waals surface area contributed by atoms with Crippen molar-refractivity contribution in [2.45, 2.75) is 24.9 Å². The number of carbonyl (C=O) groups excluding carboxylic acids is 2. The van der Waals surface area contributed by atoms with E-state index >= 15 is 0 Å². The van der Waals surface area contributed by atoms with E-state index in [1.807, 2.05) is 48.5 Å². The molecule has 1 unspecified atom stereocenters. The van der Waals surface area contributed by atoms with Crippen LogP contribution in [0.5, 0.6) is 0 Å². The Labute approximate surface area is 194 Å². The average Bonchev–Trinajstić information content (AvgIpc) is 3.15. The summed E-state index contributed by atoms with van der Waals surface area (Å²) in [6.45, 7) is 0.0940. The molecule has 0 saturated carbocycles. The number of alkyl carbamates (subject to hydrolysis) is 1. The van der Waals surface area contributed by atoms with E-state index in [2.05, 4.69) is 15.6 Å². The number of benzene rings is 2. The van der Waals surface area contributed by atoms with Crippen molar-refractivity contribution < 1.29 is 24.2 Å². The number of hydrogen-bond acceptors (Lipinski definition) is 5. The van der Waals surface area contributed by atoms with E-state index in [0.29, 0.717) is 5.56 Å². The second kappa shape index (κ2) is 10.0. The van der Waals surface area contributed by atoms with Crippen molar-refractivity contribution in [2.24, 2.45) is 0 Å². The number of aromatic amines is 1. The highest BCUT2D eigenvalue weighted by Gasteiger charge is 2.30. The van der Waals surface area contributed by atoms with Gasteiger partial charge in [0.1, 0.15) is 12.6 Å². The zero-order valence-corrected chi connectivity index (χ0v) is 18.1. The van der Waals surface area contributed by atoms with Crippen LogP contribution in [0, 0.1) is 0 Å². The zero-order chi connectivity index (χ0) is 24.1. The molecular formula is C25H23N3O6. The van der Waals surface area contributed by atoms with Gasteiger partial charge in [0.05, 0.1) is 6.42 Å². The Morgan fingerprint density at radius 3 is 2.21 bits per heavy atom. The third-order valence-electron chi connectivity index (χ3n) is 5.65. The van der Waals surface area contributed by atoms with Gasteiger partial charge >= 0.3 is 12.1 Å². The lowest BCUT2D eigenvalue weighted by atomic mass is 9.98. The minimum absolute atomic E-state index is 0.0403. The highest BCUT2D eigenvalue weighted by molar-refractivity contribution is 5.89. The molecule has 1 aliphatic rings. The minimum atomic E-state index is -1.32. The van der Waals surface area contributed by atoms with Crippen LogP contribution in [0.25, 0.3) is 11.1 Å². The molecular weight excluding hydrogens is 438 g/mol.